The summed E-state index contributed by atoms with van der Waals surface area (Å²) in [6.07, 6.45) is -0.288. The van der Waals surface area contributed by atoms with Gasteiger partial charge in [0.15, 0.2) is 0 Å². The molecule has 0 amide bonds. The number of hydrogen-bond donors (Lipinski definition) is 2. The number of aliphatic hydroxyl groups excluding tert-OH is 1. The van der Waals surface area contributed by atoms with Gasteiger partial charge in [-0.15, -0.1) is 0 Å². The van der Waals surface area contributed by atoms with Crippen LogP contribution >= 0.6 is 0 Å². The number of nitrogens with zero attached hydrogens (tertiary/aromatic N) is 1. The zero-order valence-electron chi connectivity index (χ0n) is 7.78. The monoisotopic (exact) mass is 196 g/mol. The minimum absolute atomic E-state index is 0.189. The summed E-state index contributed by atoms with van der Waals surface area (Å²) in [7, 11) is 0. The molecule has 14 heavy (non-hydrogen) atoms. The zero-order valence-corrected chi connectivity index (χ0v) is 7.78. The highest BCUT2D eigenvalue weighted by Crippen LogP contribution is 2.26. The summed E-state index contributed by atoms with van der Waals surface area (Å²) in [5.74, 6) is -0.272. The predicted octanol–water partition coefficient (Wildman–Crippen LogP) is 0.465. The number of benzene rings is 1. The zero-order chi connectivity index (χ0) is 10.1. The van der Waals surface area contributed by atoms with Gasteiger partial charge in [-0.2, -0.15) is 0 Å². The molecule has 1 fully saturated rings. The molecular formula is C10H13FN2O. The average molecular weight is 196 g/mol. The van der Waals surface area contributed by atoms with Crippen molar-refractivity contribution >= 4 is 5.69 Å². The Hall–Kier alpha value is -1.13. The Kier molecular flexibility index (Phi) is 2.39. The van der Waals surface area contributed by atoms with Gasteiger partial charge in [-0.1, -0.05) is 6.07 Å². The van der Waals surface area contributed by atoms with E-state index in [0.717, 1.165) is 5.69 Å². The highest BCUT2D eigenvalue weighted by molar-refractivity contribution is 5.56. The second-order valence-electron chi connectivity index (χ2n) is 3.50. The van der Waals surface area contributed by atoms with Crippen LogP contribution < -0.4 is 10.6 Å². The van der Waals surface area contributed by atoms with Gasteiger partial charge in [-0.05, 0) is 12.1 Å². The summed E-state index contributed by atoms with van der Waals surface area (Å²) in [6.45, 7) is 1.32. The highest BCUT2D eigenvalue weighted by atomic mass is 19.1. The molecule has 3 N–H and O–H groups in total. The van der Waals surface area contributed by atoms with Crippen LogP contribution in [0.15, 0.2) is 18.2 Å². The van der Waals surface area contributed by atoms with Crippen molar-refractivity contribution in [1.82, 2.24) is 0 Å². The van der Waals surface area contributed by atoms with Crippen LogP contribution in [-0.4, -0.2) is 24.3 Å². The Labute approximate surface area is 81.9 Å². The normalized spacial score (nSPS) is 16.9. The maximum Gasteiger partial charge on any atom is 0.129 e. The van der Waals surface area contributed by atoms with E-state index in [1.165, 1.54) is 6.07 Å². The maximum atomic E-state index is 13.3. The summed E-state index contributed by atoms with van der Waals surface area (Å²) >= 11 is 0. The molecule has 4 heteroatoms. The first-order valence-corrected chi connectivity index (χ1v) is 4.63. The lowest BCUT2D eigenvalue weighted by Gasteiger charge is -2.39. The van der Waals surface area contributed by atoms with Gasteiger partial charge in [0.1, 0.15) is 5.82 Å². The molecule has 1 aliphatic heterocycles. The first kappa shape index (κ1) is 9.43. The smallest absolute Gasteiger partial charge is 0.129 e. The van der Waals surface area contributed by atoms with Gasteiger partial charge < -0.3 is 15.7 Å². The van der Waals surface area contributed by atoms with E-state index in [9.17, 15) is 4.39 Å². The van der Waals surface area contributed by atoms with Gasteiger partial charge in [0.25, 0.3) is 0 Å². The van der Waals surface area contributed by atoms with E-state index in [1.54, 1.807) is 6.07 Å². The molecule has 0 aliphatic carbocycles. The van der Waals surface area contributed by atoms with Crippen molar-refractivity contribution in [1.29, 1.82) is 0 Å². The Morgan fingerprint density at radius 3 is 2.79 bits per heavy atom. The van der Waals surface area contributed by atoms with Crippen molar-refractivity contribution in [3.63, 3.8) is 0 Å². The summed E-state index contributed by atoms with van der Waals surface area (Å²) in [5, 5.41) is 9.15. The summed E-state index contributed by atoms with van der Waals surface area (Å²) in [4.78, 5) is 1.93. The van der Waals surface area contributed by atoms with E-state index in [4.69, 9.17) is 10.8 Å². The van der Waals surface area contributed by atoms with Gasteiger partial charge in [-0.25, -0.2) is 4.39 Å². The summed E-state index contributed by atoms with van der Waals surface area (Å²) < 4.78 is 13.3. The minimum atomic E-state index is -0.288. The fraction of sp³-hybridized carbons (Fsp3) is 0.400. The Morgan fingerprint density at radius 2 is 2.21 bits per heavy atom. The molecule has 1 aromatic rings. The molecule has 0 atom stereocenters. The molecule has 0 spiro atoms. The van der Waals surface area contributed by atoms with Gasteiger partial charge in [0, 0.05) is 30.9 Å². The van der Waals surface area contributed by atoms with Crippen LogP contribution in [0.3, 0.4) is 0 Å². The van der Waals surface area contributed by atoms with Crippen LogP contribution in [0.4, 0.5) is 10.1 Å². The Morgan fingerprint density at radius 1 is 1.50 bits per heavy atom. The largest absolute Gasteiger partial charge is 0.389 e. The van der Waals surface area contributed by atoms with Crippen LogP contribution in [0.2, 0.25) is 0 Å². The van der Waals surface area contributed by atoms with Crippen LogP contribution in [0.5, 0.6) is 0 Å². The molecule has 3 nitrogen and oxygen atoms in total. The van der Waals surface area contributed by atoms with E-state index in [1.807, 2.05) is 11.0 Å². The molecular weight excluding hydrogens is 183 g/mol. The van der Waals surface area contributed by atoms with Crippen molar-refractivity contribution < 1.29 is 9.50 Å². The van der Waals surface area contributed by atoms with E-state index in [0.29, 0.717) is 18.7 Å². The summed E-state index contributed by atoms with van der Waals surface area (Å²) in [6, 6.07) is 4.90. The standard InChI is InChI=1S/C10H13FN2O/c11-9-2-1-3-10(8(9)4-12)13-5-7(14)6-13/h1-3,7,14H,4-6,12H2. The van der Waals surface area contributed by atoms with E-state index in [2.05, 4.69) is 0 Å². The van der Waals surface area contributed by atoms with Crippen LogP contribution in [0, 0.1) is 5.82 Å². The number of anilines is 1. The number of β-amino-alcohol motifs (C(OH)–C–C–N with tert-alkyl or cyclic N) is 1. The fourth-order valence-corrected chi connectivity index (χ4v) is 1.70. The molecule has 0 bridgehead atoms. The van der Waals surface area contributed by atoms with Crippen LogP contribution in [0.25, 0.3) is 0 Å². The molecule has 1 aliphatic rings. The molecule has 2 rings (SSSR count). The SMILES string of the molecule is NCc1c(F)cccc1N1CC(O)C1. The lowest BCUT2D eigenvalue weighted by atomic mass is 10.1. The quantitative estimate of drug-likeness (QED) is 0.722. The third-order valence-electron chi connectivity index (χ3n) is 2.50. The van der Waals surface area contributed by atoms with Crippen molar-refractivity contribution in [2.24, 2.45) is 5.73 Å². The second kappa shape index (κ2) is 3.55. The molecule has 0 aromatic heterocycles. The van der Waals surface area contributed by atoms with Gasteiger partial charge in [0.2, 0.25) is 0 Å². The van der Waals surface area contributed by atoms with Crippen molar-refractivity contribution in [3.8, 4) is 0 Å². The minimum Gasteiger partial charge on any atom is -0.389 e. The molecule has 0 unspecified atom stereocenters. The van der Waals surface area contributed by atoms with Crippen LogP contribution in [-0.2, 0) is 6.54 Å². The number of hydrogen-bond acceptors (Lipinski definition) is 3. The predicted molar refractivity (Wildman–Crippen MR) is 52.5 cm³/mol. The number of aliphatic hydroxyl groups is 1. The van der Waals surface area contributed by atoms with E-state index in [-0.39, 0.29) is 18.5 Å². The van der Waals surface area contributed by atoms with Gasteiger partial charge in [0.05, 0.1) is 6.10 Å². The van der Waals surface area contributed by atoms with Crippen molar-refractivity contribution in [2.75, 3.05) is 18.0 Å². The third kappa shape index (κ3) is 1.47. The summed E-state index contributed by atoms with van der Waals surface area (Å²) in [5.41, 5.74) is 6.80. The topological polar surface area (TPSA) is 49.5 Å². The maximum absolute atomic E-state index is 13.3. The molecule has 0 saturated carbocycles. The molecule has 1 heterocycles. The molecule has 0 radical (unpaired) electrons. The van der Waals surface area contributed by atoms with E-state index < -0.39 is 0 Å². The molecule has 76 valence electrons. The lowest BCUT2D eigenvalue weighted by Crippen LogP contribution is -2.51. The number of halogens is 1. The Balaban J connectivity index is 2.28. The van der Waals surface area contributed by atoms with Crippen molar-refractivity contribution in [2.45, 2.75) is 12.6 Å². The number of rotatable bonds is 2. The van der Waals surface area contributed by atoms with Crippen molar-refractivity contribution in [3.05, 3.63) is 29.6 Å². The van der Waals surface area contributed by atoms with E-state index >= 15 is 0 Å². The fourth-order valence-electron chi connectivity index (χ4n) is 1.70. The van der Waals surface area contributed by atoms with Gasteiger partial charge in [-0.3, -0.25) is 0 Å². The first-order chi connectivity index (χ1) is 6.72. The second-order valence-corrected chi connectivity index (χ2v) is 3.50. The average Bonchev–Trinajstić information content (AvgIpc) is 2.13. The Bertz CT molecular complexity index is 337. The third-order valence-corrected chi connectivity index (χ3v) is 2.50. The molecule has 1 aromatic carbocycles. The lowest BCUT2D eigenvalue weighted by molar-refractivity contribution is 0.141. The number of nitrogens with two attached hydrogens (primary N) is 1. The van der Waals surface area contributed by atoms with Gasteiger partial charge >= 0.3 is 0 Å². The molecule has 1 saturated heterocycles. The first-order valence-electron chi connectivity index (χ1n) is 4.63. The van der Waals surface area contributed by atoms with Crippen LogP contribution in [0.1, 0.15) is 5.56 Å². The highest BCUT2D eigenvalue weighted by Gasteiger charge is 2.26.